The van der Waals surface area contributed by atoms with Crippen molar-refractivity contribution >= 4 is 42.5 Å². The van der Waals surface area contributed by atoms with E-state index in [1.807, 2.05) is 23.6 Å². The van der Waals surface area contributed by atoms with Crippen LogP contribution in [0.3, 0.4) is 0 Å². The van der Waals surface area contributed by atoms with Gasteiger partial charge in [-0.2, -0.15) is 11.8 Å². The Balaban J connectivity index is 0.00000242. The van der Waals surface area contributed by atoms with E-state index in [4.69, 9.17) is 0 Å². The molecule has 138 valence electrons. The lowest BCUT2D eigenvalue weighted by atomic mass is 10.1. The van der Waals surface area contributed by atoms with Crippen LogP contribution in [0.15, 0.2) is 0 Å². The monoisotopic (exact) mass is 387 g/mol. The number of piperazine rings is 1. The molecule has 3 unspecified atom stereocenters. The molecular formula is C15H31Cl2N3O2S. The molecule has 0 aromatic rings. The SMILES string of the molecule is CCC1CN(C(=O)CC2CSCCN2)CCN1CC(C)O.Cl.Cl. The largest absolute Gasteiger partial charge is 0.392 e. The lowest BCUT2D eigenvalue weighted by Gasteiger charge is -2.42. The smallest absolute Gasteiger partial charge is 0.224 e. The first-order valence-corrected chi connectivity index (χ1v) is 9.26. The first-order valence-electron chi connectivity index (χ1n) is 8.11. The second kappa shape index (κ2) is 11.8. The predicted octanol–water partition coefficient (Wildman–Crippen LogP) is 1.23. The minimum absolute atomic E-state index is 0. The Kier molecular flexibility index (Phi) is 11.9. The van der Waals surface area contributed by atoms with Crippen LogP contribution >= 0.6 is 36.6 Å². The summed E-state index contributed by atoms with van der Waals surface area (Å²) in [6.07, 6.45) is 1.35. The average Bonchev–Trinajstić information content (AvgIpc) is 2.48. The molecule has 2 saturated heterocycles. The predicted molar refractivity (Wildman–Crippen MR) is 102 cm³/mol. The molecule has 2 heterocycles. The summed E-state index contributed by atoms with van der Waals surface area (Å²) >= 11 is 1.93. The van der Waals surface area contributed by atoms with Gasteiger partial charge in [0, 0.05) is 62.7 Å². The van der Waals surface area contributed by atoms with Gasteiger partial charge in [0.05, 0.1) is 6.10 Å². The topological polar surface area (TPSA) is 55.8 Å². The molecule has 2 aliphatic rings. The summed E-state index contributed by atoms with van der Waals surface area (Å²) in [5.41, 5.74) is 0. The molecule has 2 N–H and O–H groups in total. The highest BCUT2D eigenvalue weighted by Gasteiger charge is 2.30. The first kappa shape index (κ1) is 23.3. The van der Waals surface area contributed by atoms with Crippen LogP contribution in [0.5, 0.6) is 0 Å². The zero-order valence-corrected chi connectivity index (χ0v) is 16.5. The van der Waals surface area contributed by atoms with Crippen molar-refractivity contribution in [1.82, 2.24) is 15.1 Å². The van der Waals surface area contributed by atoms with E-state index in [2.05, 4.69) is 17.1 Å². The molecular weight excluding hydrogens is 357 g/mol. The van der Waals surface area contributed by atoms with Gasteiger partial charge < -0.3 is 15.3 Å². The molecule has 1 amide bonds. The number of aliphatic hydroxyl groups excluding tert-OH is 1. The van der Waals surface area contributed by atoms with Crippen molar-refractivity contribution in [3.63, 3.8) is 0 Å². The van der Waals surface area contributed by atoms with Gasteiger partial charge in [0.2, 0.25) is 5.91 Å². The van der Waals surface area contributed by atoms with Gasteiger partial charge in [0.25, 0.3) is 0 Å². The highest BCUT2D eigenvalue weighted by molar-refractivity contribution is 7.99. The highest BCUT2D eigenvalue weighted by atomic mass is 35.5. The molecule has 2 aliphatic heterocycles. The van der Waals surface area contributed by atoms with Gasteiger partial charge in [-0.15, -0.1) is 24.8 Å². The summed E-state index contributed by atoms with van der Waals surface area (Å²) in [4.78, 5) is 16.8. The Morgan fingerprint density at radius 3 is 2.70 bits per heavy atom. The number of carbonyl (C=O) groups excluding carboxylic acids is 1. The van der Waals surface area contributed by atoms with E-state index in [1.165, 1.54) is 0 Å². The third-order valence-corrected chi connectivity index (χ3v) is 5.48. The molecule has 5 nitrogen and oxygen atoms in total. The lowest BCUT2D eigenvalue weighted by Crippen LogP contribution is -2.56. The molecule has 0 spiro atoms. The Bertz CT molecular complexity index is 345. The van der Waals surface area contributed by atoms with Crippen molar-refractivity contribution in [3.8, 4) is 0 Å². The van der Waals surface area contributed by atoms with Crippen molar-refractivity contribution in [2.75, 3.05) is 44.2 Å². The maximum absolute atomic E-state index is 12.5. The van der Waals surface area contributed by atoms with E-state index in [-0.39, 0.29) is 36.8 Å². The van der Waals surface area contributed by atoms with Gasteiger partial charge in [-0.1, -0.05) is 6.92 Å². The van der Waals surface area contributed by atoms with Crippen molar-refractivity contribution in [1.29, 1.82) is 0 Å². The third kappa shape index (κ3) is 7.36. The average molecular weight is 388 g/mol. The van der Waals surface area contributed by atoms with Crippen LogP contribution in [-0.2, 0) is 4.79 Å². The zero-order chi connectivity index (χ0) is 15.2. The number of hydrogen-bond donors (Lipinski definition) is 2. The number of β-amino-alcohol motifs (C(OH)–C–C–N with tert-alkyl or cyclic N) is 1. The quantitative estimate of drug-likeness (QED) is 0.742. The van der Waals surface area contributed by atoms with Crippen molar-refractivity contribution in [3.05, 3.63) is 0 Å². The van der Waals surface area contributed by atoms with Crippen molar-refractivity contribution < 1.29 is 9.90 Å². The van der Waals surface area contributed by atoms with E-state index in [0.717, 1.165) is 44.1 Å². The van der Waals surface area contributed by atoms with Crippen LogP contribution in [0.2, 0.25) is 0 Å². The van der Waals surface area contributed by atoms with E-state index in [9.17, 15) is 9.90 Å². The first-order chi connectivity index (χ1) is 10.1. The molecule has 0 aromatic carbocycles. The number of halogens is 2. The highest BCUT2D eigenvalue weighted by Crippen LogP contribution is 2.16. The minimum Gasteiger partial charge on any atom is -0.392 e. The summed E-state index contributed by atoms with van der Waals surface area (Å²) in [6, 6.07) is 0.720. The Hall–Kier alpha value is 0.280. The van der Waals surface area contributed by atoms with Gasteiger partial charge in [0.15, 0.2) is 0 Å². The molecule has 8 heteroatoms. The molecule has 0 saturated carbocycles. The van der Waals surface area contributed by atoms with E-state index in [1.54, 1.807) is 0 Å². The second-order valence-electron chi connectivity index (χ2n) is 6.18. The summed E-state index contributed by atoms with van der Waals surface area (Å²) in [5, 5.41) is 13.0. The number of amides is 1. The third-order valence-electron chi connectivity index (χ3n) is 4.35. The number of hydrogen-bond acceptors (Lipinski definition) is 5. The molecule has 23 heavy (non-hydrogen) atoms. The van der Waals surface area contributed by atoms with Gasteiger partial charge in [-0.05, 0) is 13.3 Å². The van der Waals surface area contributed by atoms with Crippen LogP contribution in [0.1, 0.15) is 26.7 Å². The molecule has 0 radical (unpaired) electrons. The number of rotatable bonds is 5. The molecule has 3 atom stereocenters. The fourth-order valence-electron chi connectivity index (χ4n) is 3.18. The minimum atomic E-state index is -0.301. The van der Waals surface area contributed by atoms with E-state index in [0.29, 0.717) is 25.0 Å². The number of thioether (sulfide) groups is 1. The van der Waals surface area contributed by atoms with Crippen LogP contribution in [0, 0.1) is 0 Å². The van der Waals surface area contributed by atoms with Crippen LogP contribution in [0.4, 0.5) is 0 Å². The Morgan fingerprint density at radius 2 is 2.13 bits per heavy atom. The molecule has 0 aliphatic carbocycles. The maximum Gasteiger partial charge on any atom is 0.224 e. The van der Waals surface area contributed by atoms with Crippen LogP contribution < -0.4 is 5.32 Å². The Labute approximate surface area is 156 Å². The fourth-order valence-corrected chi connectivity index (χ4v) is 4.13. The number of nitrogens with one attached hydrogen (secondary N) is 1. The van der Waals surface area contributed by atoms with E-state index >= 15 is 0 Å². The van der Waals surface area contributed by atoms with Gasteiger partial charge in [-0.25, -0.2) is 0 Å². The summed E-state index contributed by atoms with van der Waals surface area (Å²) < 4.78 is 0. The standard InChI is InChI=1S/C15H29N3O2S.2ClH/c1-3-14-10-18(6-5-17(14)9-12(2)19)15(20)8-13-11-21-7-4-16-13;;/h12-14,16,19H,3-11H2,1-2H3;2*1H. The van der Waals surface area contributed by atoms with Gasteiger partial charge in [0.1, 0.15) is 0 Å². The zero-order valence-electron chi connectivity index (χ0n) is 14.1. The van der Waals surface area contributed by atoms with E-state index < -0.39 is 0 Å². The van der Waals surface area contributed by atoms with Crippen molar-refractivity contribution in [2.45, 2.75) is 44.9 Å². The summed E-state index contributed by atoms with van der Waals surface area (Å²) in [6.45, 7) is 8.19. The summed E-state index contributed by atoms with van der Waals surface area (Å²) in [7, 11) is 0. The molecule has 2 fully saturated rings. The van der Waals surface area contributed by atoms with Crippen LogP contribution in [0.25, 0.3) is 0 Å². The molecule has 0 aromatic heterocycles. The second-order valence-corrected chi connectivity index (χ2v) is 7.33. The maximum atomic E-state index is 12.5. The lowest BCUT2D eigenvalue weighted by molar-refractivity contribution is -0.135. The number of nitrogens with zero attached hydrogens (tertiary/aromatic N) is 2. The number of carbonyl (C=O) groups is 1. The van der Waals surface area contributed by atoms with Crippen molar-refractivity contribution in [2.24, 2.45) is 0 Å². The summed E-state index contributed by atoms with van der Waals surface area (Å²) in [5.74, 6) is 2.48. The molecule has 0 bridgehead atoms. The van der Waals surface area contributed by atoms with Gasteiger partial charge in [-0.3, -0.25) is 9.69 Å². The Morgan fingerprint density at radius 1 is 1.39 bits per heavy atom. The fraction of sp³-hybridized carbons (Fsp3) is 0.933. The number of aliphatic hydroxyl groups is 1. The van der Waals surface area contributed by atoms with Gasteiger partial charge >= 0.3 is 0 Å². The van der Waals surface area contributed by atoms with Crippen LogP contribution in [-0.4, -0.2) is 83.2 Å². The molecule has 2 rings (SSSR count). The normalized spacial score (nSPS) is 26.8.